The molecule has 1 atom stereocenters. The third kappa shape index (κ3) is 3.60. The minimum Gasteiger partial charge on any atom is -0.464 e. The van der Waals surface area contributed by atoms with E-state index in [0.29, 0.717) is 29.2 Å². The topological polar surface area (TPSA) is 90.5 Å². The van der Waals surface area contributed by atoms with Crippen LogP contribution in [0.2, 0.25) is 0 Å². The molecular weight excluding hydrogens is 365 g/mol. The maximum absolute atomic E-state index is 13.8. The SMILES string of the molecule is CCOC(=O)[C@@H](CC)n1nc2nc(Nc3ccc(C)c(F)c3)cc(C)n2c1=O. The Bertz CT molecular complexity index is 1090. The second-order valence-electron chi connectivity index (χ2n) is 6.41. The van der Waals surface area contributed by atoms with Crippen molar-refractivity contribution < 1.29 is 13.9 Å². The Morgan fingerprint density at radius 2 is 2.04 bits per heavy atom. The van der Waals surface area contributed by atoms with Crippen LogP contribution >= 0.6 is 0 Å². The lowest BCUT2D eigenvalue weighted by Crippen LogP contribution is -2.31. The highest BCUT2D eigenvalue weighted by Crippen LogP contribution is 2.19. The van der Waals surface area contributed by atoms with Crippen LogP contribution in [0.15, 0.2) is 29.1 Å². The molecule has 0 aliphatic carbocycles. The van der Waals surface area contributed by atoms with Gasteiger partial charge in [0.05, 0.1) is 6.61 Å². The van der Waals surface area contributed by atoms with E-state index in [2.05, 4.69) is 15.4 Å². The molecule has 0 aliphatic heterocycles. The van der Waals surface area contributed by atoms with E-state index in [-0.39, 0.29) is 18.2 Å². The number of esters is 1. The number of carbonyl (C=O) groups excluding carboxylic acids is 1. The number of anilines is 2. The summed E-state index contributed by atoms with van der Waals surface area (Å²) in [5.74, 6) is -0.289. The van der Waals surface area contributed by atoms with Crippen LogP contribution in [0.1, 0.15) is 37.6 Å². The third-order valence-corrected chi connectivity index (χ3v) is 4.39. The average molecular weight is 387 g/mol. The van der Waals surface area contributed by atoms with Crippen molar-refractivity contribution in [1.82, 2.24) is 19.2 Å². The fourth-order valence-electron chi connectivity index (χ4n) is 2.92. The summed E-state index contributed by atoms with van der Waals surface area (Å²) in [5, 5.41) is 7.24. The standard InChI is InChI=1S/C19H22FN5O3/c1-5-15(17(26)28-6-2)25-19(27)24-12(4)9-16(22-18(24)23-25)21-13-8-7-11(3)14(20)10-13/h7-10,15H,5-6H2,1-4H3,(H,21,22,23)/t15-/m1/s1. The van der Waals surface area contributed by atoms with Crippen LogP contribution in [0.5, 0.6) is 0 Å². The Morgan fingerprint density at radius 3 is 2.68 bits per heavy atom. The molecule has 0 unspecified atom stereocenters. The number of nitrogens with zero attached hydrogens (tertiary/aromatic N) is 4. The smallest absolute Gasteiger partial charge is 0.352 e. The van der Waals surface area contributed by atoms with E-state index in [9.17, 15) is 14.0 Å². The predicted molar refractivity (Wildman–Crippen MR) is 102 cm³/mol. The molecule has 0 bridgehead atoms. The molecule has 0 amide bonds. The summed E-state index contributed by atoms with van der Waals surface area (Å²) >= 11 is 0. The van der Waals surface area contributed by atoms with Gasteiger partial charge in [-0.1, -0.05) is 13.0 Å². The van der Waals surface area contributed by atoms with E-state index < -0.39 is 17.7 Å². The largest absolute Gasteiger partial charge is 0.464 e. The normalized spacial score (nSPS) is 12.2. The third-order valence-electron chi connectivity index (χ3n) is 4.39. The number of fused-ring (bicyclic) bond motifs is 1. The van der Waals surface area contributed by atoms with Gasteiger partial charge in [0.25, 0.3) is 5.78 Å². The van der Waals surface area contributed by atoms with Gasteiger partial charge in [-0.3, -0.25) is 0 Å². The second-order valence-corrected chi connectivity index (χ2v) is 6.41. The summed E-state index contributed by atoms with van der Waals surface area (Å²) in [4.78, 5) is 29.2. The molecule has 2 aromatic heterocycles. The van der Waals surface area contributed by atoms with E-state index >= 15 is 0 Å². The number of carbonyl (C=O) groups is 1. The van der Waals surface area contributed by atoms with Crippen LogP contribution in [0.25, 0.3) is 5.78 Å². The first kappa shape index (κ1) is 19.5. The summed E-state index contributed by atoms with van der Waals surface area (Å²) < 4.78 is 21.2. The number of ether oxygens (including phenoxy) is 1. The molecule has 148 valence electrons. The summed E-state index contributed by atoms with van der Waals surface area (Å²) in [6.45, 7) is 7.11. The van der Waals surface area contributed by atoms with Crippen LogP contribution in [0.3, 0.4) is 0 Å². The molecule has 8 nitrogen and oxygen atoms in total. The van der Waals surface area contributed by atoms with Crippen LogP contribution in [-0.2, 0) is 9.53 Å². The van der Waals surface area contributed by atoms with Crippen molar-refractivity contribution in [2.24, 2.45) is 0 Å². The number of aryl methyl sites for hydroxylation is 2. The van der Waals surface area contributed by atoms with Gasteiger partial charge in [-0.2, -0.15) is 9.67 Å². The molecule has 3 rings (SSSR count). The Morgan fingerprint density at radius 1 is 1.29 bits per heavy atom. The maximum Gasteiger partial charge on any atom is 0.352 e. The van der Waals surface area contributed by atoms with Gasteiger partial charge in [-0.05, 0) is 44.9 Å². The molecule has 0 fully saturated rings. The zero-order valence-corrected chi connectivity index (χ0v) is 16.2. The Labute approximate surface area is 161 Å². The molecule has 0 saturated carbocycles. The van der Waals surface area contributed by atoms with Crippen molar-refractivity contribution in [2.75, 3.05) is 11.9 Å². The lowest BCUT2D eigenvalue weighted by molar-refractivity contribution is -0.147. The van der Waals surface area contributed by atoms with Gasteiger partial charge < -0.3 is 10.1 Å². The fraction of sp³-hybridized carbons (Fsp3) is 0.368. The second kappa shape index (κ2) is 7.79. The first-order chi connectivity index (χ1) is 13.3. The zero-order chi connectivity index (χ0) is 20.4. The minimum atomic E-state index is -0.823. The molecule has 1 N–H and O–H groups in total. The highest BCUT2D eigenvalue weighted by atomic mass is 19.1. The van der Waals surface area contributed by atoms with E-state index in [1.54, 1.807) is 45.9 Å². The summed E-state index contributed by atoms with van der Waals surface area (Å²) in [5.41, 5.74) is 1.18. The van der Waals surface area contributed by atoms with Gasteiger partial charge in [0.2, 0.25) is 0 Å². The van der Waals surface area contributed by atoms with Gasteiger partial charge in [0.1, 0.15) is 11.6 Å². The highest BCUT2D eigenvalue weighted by Gasteiger charge is 2.25. The Balaban J connectivity index is 2.02. The highest BCUT2D eigenvalue weighted by molar-refractivity contribution is 5.74. The summed E-state index contributed by atoms with van der Waals surface area (Å²) in [7, 11) is 0. The lowest BCUT2D eigenvalue weighted by atomic mass is 10.2. The molecular formula is C19H22FN5O3. The van der Waals surface area contributed by atoms with Crippen molar-refractivity contribution in [3.05, 3.63) is 51.8 Å². The molecule has 0 aliphatic rings. The Hall–Kier alpha value is -3.23. The molecule has 0 radical (unpaired) electrons. The molecule has 1 aromatic carbocycles. The van der Waals surface area contributed by atoms with Gasteiger partial charge in [-0.15, -0.1) is 5.10 Å². The van der Waals surface area contributed by atoms with Crippen molar-refractivity contribution in [3.8, 4) is 0 Å². The van der Waals surface area contributed by atoms with E-state index in [1.807, 2.05) is 0 Å². The van der Waals surface area contributed by atoms with Gasteiger partial charge in [0, 0.05) is 17.4 Å². The van der Waals surface area contributed by atoms with E-state index in [0.717, 1.165) is 4.68 Å². The molecule has 28 heavy (non-hydrogen) atoms. The quantitative estimate of drug-likeness (QED) is 0.654. The van der Waals surface area contributed by atoms with Crippen molar-refractivity contribution in [3.63, 3.8) is 0 Å². The van der Waals surface area contributed by atoms with Gasteiger partial charge >= 0.3 is 11.7 Å². The Kier molecular flexibility index (Phi) is 5.43. The average Bonchev–Trinajstić information content (AvgIpc) is 2.96. The van der Waals surface area contributed by atoms with Crippen molar-refractivity contribution >= 4 is 23.3 Å². The van der Waals surface area contributed by atoms with Crippen LogP contribution in [0.4, 0.5) is 15.9 Å². The van der Waals surface area contributed by atoms with Crippen LogP contribution < -0.4 is 11.0 Å². The first-order valence-corrected chi connectivity index (χ1v) is 9.04. The van der Waals surface area contributed by atoms with Crippen LogP contribution in [0, 0.1) is 19.7 Å². The predicted octanol–water partition coefficient (Wildman–Crippen LogP) is 2.90. The number of aromatic nitrogens is 4. The molecule has 2 heterocycles. The van der Waals surface area contributed by atoms with Crippen LogP contribution in [-0.4, -0.2) is 31.7 Å². The first-order valence-electron chi connectivity index (χ1n) is 9.04. The number of hydrogen-bond acceptors (Lipinski definition) is 6. The number of nitrogens with one attached hydrogen (secondary N) is 1. The minimum absolute atomic E-state index is 0.142. The number of hydrogen-bond donors (Lipinski definition) is 1. The maximum atomic E-state index is 13.8. The molecule has 9 heteroatoms. The van der Waals surface area contributed by atoms with Gasteiger partial charge in [0.15, 0.2) is 6.04 Å². The van der Waals surface area contributed by atoms with E-state index in [1.165, 1.54) is 10.5 Å². The van der Waals surface area contributed by atoms with Crippen molar-refractivity contribution in [2.45, 2.75) is 40.2 Å². The zero-order valence-electron chi connectivity index (χ0n) is 16.2. The number of halogens is 1. The molecule has 3 aromatic rings. The van der Waals surface area contributed by atoms with Crippen molar-refractivity contribution in [1.29, 1.82) is 0 Å². The fourth-order valence-corrected chi connectivity index (χ4v) is 2.92. The molecule has 0 saturated heterocycles. The van der Waals surface area contributed by atoms with Gasteiger partial charge in [-0.25, -0.2) is 18.4 Å². The van der Waals surface area contributed by atoms with E-state index in [4.69, 9.17) is 4.74 Å². The number of rotatable bonds is 6. The monoisotopic (exact) mass is 387 g/mol. The lowest BCUT2D eigenvalue weighted by Gasteiger charge is -2.11. The summed E-state index contributed by atoms with van der Waals surface area (Å²) in [6.07, 6.45) is 0.357. The number of benzene rings is 1. The molecule has 0 spiro atoms. The summed E-state index contributed by atoms with van der Waals surface area (Å²) in [6, 6.07) is 5.60.